The van der Waals surface area contributed by atoms with Crippen LogP contribution < -0.4 is 11.3 Å². The molecule has 1 aromatic carbocycles. The van der Waals surface area contributed by atoms with Gasteiger partial charge in [-0.3, -0.25) is 10.2 Å². The number of aromatic nitrogens is 2. The van der Waals surface area contributed by atoms with Crippen LogP contribution in [-0.4, -0.2) is 15.9 Å². The van der Waals surface area contributed by atoms with Crippen molar-refractivity contribution in [2.24, 2.45) is 5.84 Å². The van der Waals surface area contributed by atoms with Crippen molar-refractivity contribution in [1.82, 2.24) is 15.4 Å². The summed E-state index contributed by atoms with van der Waals surface area (Å²) in [6.45, 7) is 1.90. The van der Waals surface area contributed by atoms with E-state index in [1.165, 1.54) is 0 Å². The first-order chi connectivity index (χ1) is 7.19. The van der Waals surface area contributed by atoms with Gasteiger partial charge in [-0.15, -0.1) is 0 Å². The highest BCUT2D eigenvalue weighted by molar-refractivity contribution is 5.81. The third kappa shape index (κ3) is 1.97. The molecule has 2 rings (SSSR count). The van der Waals surface area contributed by atoms with E-state index in [1.54, 1.807) is 0 Å². The number of aryl methyl sites for hydroxylation is 1. The Morgan fingerprint density at radius 2 is 2.40 bits per heavy atom. The van der Waals surface area contributed by atoms with E-state index in [0.29, 0.717) is 0 Å². The normalized spacial score (nSPS) is 10.5. The third-order valence-electron chi connectivity index (χ3n) is 2.19. The molecule has 0 atom stereocenters. The van der Waals surface area contributed by atoms with Crippen molar-refractivity contribution in [3.63, 3.8) is 0 Å². The van der Waals surface area contributed by atoms with Gasteiger partial charge in [-0.25, -0.2) is 10.8 Å². The van der Waals surface area contributed by atoms with Crippen LogP contribution in [-0.2, 0) is 11.2 Å². The molecular weight excluding hydrogens is 192 g/mol. The van der Waals surface area contributed by atoms with Gasteiger partial charge in [-0.1, -0.05) is 6.07 Å². The number of nitrogens with one attached hydrogen (secondary N) is 2. The summed E-state index contributed by atoms with van der Waals surface area (Å²) < 4.78 is 0. The van der Waals surface area contributed by atoms with E-state index < -0.39 is 0 Å². The van der Waals surface area contributed by atoms with Gasteiger partial charge < -0.3 is 4.98 Å². The molecule has 0 spiro atoms. The Hall–Kier alpha value is -1.88. The average molecular weight is 204 g/mol. The molecule has 0 radical (unpaired) electrons. The number of amides is 1. The van der Waals surface area contributed by atoms with E-state index >= 15 is 0 Å². The SMILES string of the molecule is Cc1nc2ccc(CC(=O)NN)cc2[nH]1. The van der Waals surface area contributed by atoms with Crippen molar-refractivity contribution in [2.45, 2.75) is 13.3 Å². The van der Waals surface area contributed by atoms with Crippen LogP contribution >= 0.6 is 0 Å². The average Bonchev–Trinajstić information content (AvgIpc) is 2.57. The topological polar surface area (TPSA) is 83.8 Å². The van der Waals surface area contributed by atoms with E-state index in [2.05, 4.69) is 15.4 Å². The summed E-state index contributed by atoms with van der Waals surface area (Å²) >= 11 is 0. The Balaban J connectivity index is 2.33. The van der Waals surface area contributed by atoms with Gasteiger partial charge in [0.25, 0.3) is 0 Å². The fraction of sp³-hybridized carbons (Fsp3) is 0.200. The number of imidazole rings is 1. The fourth-order valence-corrected chi connectivity index (χ4v) is 1.53. The summed E-state index contributed by atoms with van der Waals surface area (Å²) in [5.74, 6) is 5.68. The lowest BCUT2D eigenvalue weighted by Crippen LogP contribution is -2.31. The Bertz CT molecular complexity index is 503. The maximum Gasteiger partial charge on any atom is 0.238 e. The molecule has 5 heteroatoms. The van der Waals surface area contributed by atoms with E-state index in [0.717, 1.165) is 22.4 Å². The quantitative estimate of drug-likeness (QED) is 0.376. The Kier molecular flexibility index (Phi) is 2.39. The maximum absolute atomic E-state index is 11.1. The van der Waals surface area contributed by atoms with Crippen molar-refractivity contribution < 1.29 is 4.79 Å². The number of hydrazine groups is 1. The Labute approximate surface area is 86.7 Å². The second-order valence-corrected chi connectivity index (χ2v) is 3.42. The molecule has 2 aromatic rings. The number of nitrogens with two attached hydrogens (primary N) is 1. The summed E-state index contributed by atoms with van der Waals surface area (Å²) in [4.78, 5) is 18.4. The Morgan fingerprint density at radius 1 is 1.60 bits per heavy atom. The highest BCUT2D eigenvalue weighted by atomic mass is 16.2. The minimum absolute atomic E-state index is 0.203. The van der Waals surface area contributed by atoms with Crippen LogP contribution in [0.2, 0.25) is 0 Å². The summed E-state index contributed by atoms with van der Waals surface area (Å²) in [5.41, 5.74) is 4.86. The molecule has 5 nitrogen and oxygen atoms in total. The molecule has 0 saturated heterocycles. The number of nitrogens with zero attached hydrogens (tertiary/aromatic N) is 1. The van der Waals surface area contributed by atoms with E-state index in [-0.39, 0.29) is 12.3 Å². The first kappa shape index (κ1) is 9.67. The molecule has 1 aromatic heterocycles. The maximum atomic E-state index is 11.1. The van der Waals surface area contributed by atoms with Gasteiger partial charge in [-0.2, -0.15) is 0 Å². The van der Waals surface area contributed by atoms with Gasteiger partial charge in [0.05, 0.1) is 17.5 Å². The van der Waals surface area contributed by atoms with Crippen LogP contribution in [0.4, 0.5) is 0 Å². The number of hydrogen-bond donors (Lipinski definition) is 3. The molecule has 0 aliphatic rings. The summed E-state index contributed by atoms with van der Waals surface area (Å²) in [6, 6.07) is 5.67. The molecule has 0 saturated carbocycles. The molecular formula is C10H12N4O. The second-order valence-electron chi connectivity index (χ2n) is 3.42. The molecule has 15 heavy (non-hydrogen) atoms. The zero-order valence-electron chi connectivity index (χ0n) is 8.37. The van der Waals surface area contributed by atoms with E-state index in [1.807, 2.05) is 25.1 Å². The van der Waals surface area contributed by atoms with Crippen LogP contribution in [0, 0.1) is 6.92 Å². The summed E-state index contributed by atoms with van der Waals surface area (Å²) in [7, 11) is 0. The number of rotatable bonds is 2. The first-order valence-electron chi connectivity index (χ1n) is 4.64. The fourth-order valence-electron chi connectivity index (χ4n) is 1.53. The van der Waals surface area contributed by atoms with Crippen molar-refractivity contribution in [1.29, 1.82) is 0 Å². The molecule has 0 bridgehead atoms. The van der Waals surface area contributed by atoms with Crippen molar-refractivity contribution >= 4 is 16.9 Å². The van der Waals surface area contributed by atoms with Crippen molar-refractivity contribution in [3.8, 4) is 0 Å². The molecule has 0 unspecified atom stereocenters. The van der Waals surface area contributed by atoms with E-state index in [9.17, 15) is 4.79 Å². The molecule has 1 heterocycles. The molecule has 4 N–H and O–H groups in total. The number of benzene rings is 1. The molecule has 0 aliphatic carbocycles. The highest BCUT2D eigenvalue weighted by Crippen LogP contribution is 2.13. The number of fused-ring (bicyclic) bond motifs is 1. The number of aromatic amines is 1. The molecule has 0 aliphatic heterocycles. The van der Waals surface area contributed by atoms with Gasteiger partial charge in [0.15, 0.2) is 0 Å². The molecule has 78 valence electrons. The van der Waals surface area contributed by atoms with Gasteiger partial charge in [0.2, 0.25) is 5.91 Å². The molecule has 0 fully saturated rings. The highest BCUT2D eigenvalue weighted by Gasteiger charge is 2.04. The largest absolute Gasteiger partial charge is 0.342 e. The minimum Gasteiger partial charge on any atom is -0.342 e. The molecule has 1 amide bonds. The predicted octanol–water partition coefficient (Wildman–Crippen LogP) is 0.404. The smallest absolute Gasteiger partial charge is 0.238 e. The lowest BCUT2D eigenvalue weighted by atomic mass is 10.1. The zero-order chi connectivity index (χ0) is 10.8. The Morgan fingerprint density at radius 3 is 3.13 bits per heavy atom. The van der Waals surface area contributed by atoms with Crippen LogP contribution in [0.3, 0.4) is 0 Å². The van der Waals surface area contributed by atoms with Gasteiger partial charge >= 0.3 is 0 Å². The van der Waals surface area contributed by atoms with Crippen LogP contribution in [0.1, 0.15) is 11.4 Å². The van der Waals surface area contributed by atoms with Crippen LogP contribution in [0.25, 0.3) is 11.0 Å². The predicted molar refractivity (Wildman–Crippen MR) is 56.9 cm³/mol. The van der Waals surface area contributed by atoms with Crippen molar-refractivity contribution in [2.75, 3.05) is 0 Å². The number of H-pyrrole nitrogens is 1. The number of carbonyl (C=O) groups is 1. The second kappa shape index (κ2) is 3.70. The zero-order valence-corrected chi connectivity index (χ0v) is 8.37. The van der Waals surface area contributed by atoms with Crippen molar-refractivity contribution in [3.05, 3.63) is 29.6 Å². The number of hydrogen-bond acceptors (Lipinski definition) is 3. The standard InChI is InChI=1S/C10H12N4O/c1-6-12-8-3-2-7(4-9(8)13-6)5-10(15)14-11/h2-4H,5,11H2,1H3,(H,12,13)(H,14,15). The monoisotopic (exact) mass is 204 g/mol. The lowest BCUT2D eigenvalue weighted by Gasteiger charge is -1.99. The summed E-state index contributed by atoms with van der Waals surface area (Å²) in [5, 5.41) is 0. The number of carbonyl (C=O) groups excluding carboxylic acids is 1. The lowest BCUT2D eigenvalue weighted by molar-refractivity contribution is -0.120. The third-order valence-corrected chi connectivity index (χ3v) is 2.19. The summed E-state index contributed by atoms with van der Waals surface area (Å²) in [6.07, 6.45) is 0.282. The van der Waals surface area contributed by atoms with E-state index in [4.69, 9.17) is 5.84 Å². The van der Waals surface area contributed by atoms with Gasteiger partial charge in [0, 0.05) is 0 Å². The van der Waals surface area contributed by atoms with Gasteiger partial charge in [0.1, 0.15) is 5.82 Å². The van der Waals surface area contributed by atoms with Crippen LogP contribution in [0.5, 0.6) is 0 Å². The first-order valence-corrected chi connectivity index (χ1v) is 4.64. The van der Waals surface area contributed by atoms with Gasteiger partial charge in [-0.05, 0) is 24.6 Å². The minimum atomic E-state index is -0.203. The van der Waals surface area contributed by atoms with Crippen LogP contribution in [0.15, 0.2) is 18.2 Å².